The maximum absolute atomic E-state index is 12.9. The van der Waals surface area contributed by atoms with Gasteiger partial charge in [-0.2, -0.15) is 0 Å². The Hall–Kier alpha value is -1.81. The smallest absolute Gasteiger partial charge is 0.228 e. The van der Waals surface area contributed by atoms with Crippen molar-refractivity contribution < 1.29 is 9.53 Å². The maximum atomic E-state index is 12.9. The fourth-order valence-electron chi connectivity index (χ4n) is 3.41. The van der Waals surface area contributed by atoms with Gasteiger partial charge in [-0.1, -0.05) is 25.0 Å². The van der Waals surface area contributed by atoms with Crippen LogP contribution in [0.3, 0.4) is 0 Å². The summed E-state index contributed by atoms with van der Waals surface area (Å²) in [6, 6.07) is 12.5. The molecule has 1 saturated heterocycles. The number of hydrogen-bond acceptors (Lipinski definition) is 3. The molecular weight excluding hydrogens is 318 g/mol. The first kappa shape index (κ1) is 17.0. The van der Waals surface area contributed by atoms with E-state index in [9.17, 15) is 4.79 Å². The van der Waals surface area contributed by atoms with E-state index in [4.69, 9.17) is 4.74 Å². The van der Waals surface area contributed by atoms with Crippen molar-refractivity contribution in [3.05, 3.63) is 51.7 Å². The summed E-state index contributed by atoms with van der Waals surface area (Å²) in [7, 11) is 1.68. The Morgan fingerprint density at radius 2 is 1.96 bits per heavy atom. The van der Waals surface area contributed by atoms with Gasteiger partial charge in [-0.3, -0.25) is 4.79 Å². The second kappa shape index (κ2) is 7.84. The number of ether oxygens (including phenoxy) is 1. The van der Waals surface area contributed by atoms with E-state index in [1.165, 1.54) is 23.3 Å². The summed E-state index contributed by atoms with van der Waals surface area (Å²) >= 11 is 1.72. The number of amides is 1. The number of thiophene rings is 1. The largest absolute Gasteiger partial charge is 0.497 e. The van der Waals surface area contributed by atoms with Crippen molar-refractivity contribution in [1.82, 2.24) is 4.90 Å². The van der Waals surface area contributed by atoms with Crippen molar-refractivity contribution in [2.24, 2.45) is 0 Å². The summed E-state index contributed by atoms with van der Waals surface area (Å²) in [5, 5.41) is 0. The van der Waals surface area contributed by atoms with Crippen molar-refractivity contribution in [3.63, 3.8) is 0 Å². The van der Waals surface area contributed by atoms with Gasteiger partial charge in [0, 0.05) is 16.3 Å². The zero-order valence-electron chi connectivity index (χ0n) is 14.5. The molecule has 2 heterocycles. The van der Waals surface area contributed by atoms with Crippen LogP contribution >= 0.6 is 11.3 Å². The number of aryl methyl sites for hydroxylation is 1. The highest BCUT2D eigenvalue weighted by Crippen LogP contribution is 2.32. The quantitative estimate of drug-likeness (QED) is 0.801. The first-order valence-electron chi connectivity index (χ1n) is 8.66. The van der Waals surface area contributed by atoms with E-state index < -0.39 is 0 Å². The molecule has 1 aromatic heterocycles. The molecule has 0 saturated carbocycles. The number of hydrogen-bond donors (Lipinski definition) is 0. The summed E-state index contributed by atoms with van der Waals surface area (Å²) in [6.45, 7) is 2.95. The standard InChI is InChI=1S/C20H25NO2S/c1-15-7-12-18(24-15)14-20(22)21-13-5-3-4-6-19(21)16-8-10-17(23-2)11-9-16/h7-12,19H,3-6,13-14H2,1-2H3. The highest BCUT2D eigenvalue weighted by Gasteiger charge is 2.27. The fourth-order valence-corrected chi connectivity index (χ4v) is 4.29. The molecule has 0 N–H and O–H groups in total. The van der Waals surface area contributed by atoms with Crippen LogP contribution in [0.2, 0.25) is 0 Å². The molecule has 1 aromatic carbocycles. The molecule has 4 heteroatoms. The fraction of sp³-hybridized carbons (Fsp3) is 0.450. The van der Waals surface area contributed by atoms with Gasteiger partial charge in [-0.25, -0.2) is 0 Å². The number of methoxy groups -OCH3 is 1. The molecular formula is C20H25NO2S. The Morgan fingerprint density at radius 3 is 2.62 bits per heavy atom. The van der Waals surface area contributed by atoms with Gasteiger partial charge in [0.1, 0.15) is 5.75 Å². The molecule has 3 nitrogen and oxygen atoms in total. The van der Waals surface area contributed by atoms with E-state index in [2.05, 4.69) is 36.1 Å². The van der Waals surface area contributed by atoms with Crippen molar-refractivity contribution in [2.75, 3.05) is 13.7 Å². The van der Waals surface area contributed by atoms with Crippen LogP contribution < -0.4 is 4.74 Å². The lowest BCUT2D eigenvalue weighted by Crippen LogP contribution is -2.35. The van der Waals surface area contributed by atoms with Gasteiger partial charge in [0.25, 0.3) is 0 Å². The minimum absolute atomic E-state index is 0.187. The third kappa shape index (κ3) is 3.99. The Labute approximate surface area is 148 Å². The number of rotatable bonds is 4. The van der Waals surface area contributed by atoms with Crippen LogP contribution in [0, 0.1) is 6.92 Å². The van der Waals surface area contributed by atoms with Crippen LogP contribution in [-0.2, 0) is 11.2 Å². The van der Waals surface area contributed by atoms with Gasteiger partial charge >= 0.3 is 0 Å². The predicted octanol–water partition coefficient (Wildman–Crippen LogP) is 4.75. The van der Waals surface area contributed by atoms with Crippen LogP contribution in [-0.4, -0.2) is 24.5 Å². The predicted molar refractivity (Wildman–Crippen MR) is 98.7 cm³/mol. The van der Waals surface area contributed by atoms with Gasteiger partial charge in [-0.15, -0.1) is 11.3 Å². The minimum Gasteiger partial charge on any atom is -0.497 e. The van der Waals surface area contributed by atoms with E-state index in [1.54, 1.807) is 18.4 Å². The average Bonchev–Trinajstić information content (AvgIpc) is 2.86. The number of benzene rings is 1. The van der Waals surface area contributed by atoms with Gasteiger partial charge < -0.3 is 9.64 Å². The van der Waals surface area contributed by atoms with Crippen LogP contribution in [0.5, 0.6) is 5.75 Å². The van der Waals surface area contributed by atoms with E-state index in [-0.39, 0.29) is 11.9 Å². The van der Waals surface area contributed by atoms with E-state index in [0.717, 1.165) is 30.0 Å². The number of carbonyl (C=O) groups is 1. The average molecular weight is 343 g/mol. The van der Waals surface area contributed by atoms with Crippen LogP contribution in [0.25, 0.3) is 0 Å². The minimum atomic E-state index is 0.187. The van der Waals surface area contributed by atoms with Crippen molar-refractivity contribution in [2.45, 2.75) is 45.1 Å². The highest BCUT2D eigenvalue weighted by atomic mass is 32.1. The lowest BCUT2D eigenvalue weighted by atomic mass is 10.0. The Balaban J connectivity index is 1.79. The number of likely N-dealkylation sites (tertiary alicyclic amines) is 1. The molecule has 0 radical (unpaired) electrons. The Bertz CT molecular complexity index is 677. The maximum Gasteiger partial charge on any atom is 0.228 e. The van der Waals surface area contributed by atoms with Crippen molar-refractivity contribution in [1.29, 1.82) is 0 Å². The highest BCUT2D eigenvalue weighted by molar-refractivity contribution is 7.12. The van der Waals surface area contributed by atoms with Crippen LogP contribution in [0.4, 0.5) is 0 Å². The first-order chi connectivity index (χ1) is 11.7. The molecule has 1 fully saturated rings. The third-order valence-electron chi connectivity index (χ3n) is 4.70. The molecule has 1 aliphatic rings. The molecule has 1 amide bonds. The SMILES string of the molecule is COc1ccc(C2CCCCCN2C(=O)Cc2ccc(C)s2)cc1. The molecule has 2 aromatic rings. The topological polar surface area (TPSA) is 29.5 Å². The number of carbonyl (C=O) groups excluding carboxylic acids is 1. The van der Waals surface area contributed by atoms with Crippen molar-refractivity contribution in [3.8, 4) is 5.75 Å². The summed E-state index contributed by atoms with van der Waals surface area (Å²) < 4.78 is 5.26. The van der Waals surface area contributed by atoms with Crippen LogP contribution in [0.1, 0.15) is 47.0 Å². The van der Waals surface area contributed by atoms with E-state index in [0.29, 0.717) is 6.42 Å². The summed E-state index contributed by atoms with van der Waals surface area (Å²) in [5.41, 5.74) is 1.22. The Kier molecular flexibility index (Phi) is 5.56. The summed E-state index contributed by atoms with van der Waals surface area (Å²) in [5.74, 6) is 1.11. The second-order valence-corrected chi connectivity index (χ2v) is 7.79. The zero-order chi connectivity index (χ0) is 16.9. The molecule has 1 atom stereocenters. The van der Waals surface area contributed by atoms with Gasteiger partial charge in [-0.05, 0) is 49.6 Å². The second-order valence-electron chi connectivity index (χ2n) is 6.41. The van der Waals surface area contributed by atoms with Gasteiger partial charge in [0.05, 0.1) is 19.6 Å². The molecule has 0 spiro atoms. The molecule has 128 valence electrons. The van der Waals surface area contributed by atoms with Crippen LogP contribution in [0.15, 0.2) is 36.4 Å². The summed E-state index contributed by atoms with van der Waals surface area (Å²) in [6.07, 6.45) is 5.04. The lowest BCUT2D eigenvalue weighted by molar-refractivity contribution is -0.132. The van der Waals surface area contributed by atoms with E-state index >= 15 is 0 Å². The zero-order valence-corrected chi connectivity index (χ0v) is 15.3. The molecule has 1 aliphatic heterocycles. The first-order valence-corrected chi connectivity index (χ1v) is 9.48. The summed E-state index contributed by atoms with van der Waals surface area (Å²) in [4.78, 5) is 17.5. The molecule has 1 unspecified atom stereocenters. The normalized spacial score (nSPS) is 18.2. The lowest BCUT2D eigenvalue weighted by Gasteiger charge is -2.30. The molecule has 3 rings (SSSR count). The third-order valence-corrected chi connectivity index (χ3v) is 5.70. The van der Waals surface area contributed by atoms with E-state index in [1.807, 2.05) is 12.1 Å². The molecule has 0 aliphatic carbocycles. The molecule has 0 bridgehead atoms. The van der Waals surface area contributed by atoms with Gasteiger partial charge in [0.15, 0.2) is 0 Å². The number of nitrogens with zero attached hydrogens (tertiary/aromatic N) is 1. The Morgan fingerprint density at radius 1 is 1.17 bits per heavy atom. The monoisotopic (exact) mass is 343 g/mol. The van der Waals surface area contributed by atoms with Crippen molar-refractivity contribution >= 4 is 17.2 Å². The van der Waals surface area contributed by atoms with Gasteiger partial charge in [0.2, 0.25) is 5.91 Å². The molecule has 24 heavy (non-hydrogen) atoms.